The van der Waals surface area contributed by atoms with E-state index in [2.05, 4.69) is 24.8 Å². The van der Waals surface area contributed by atoms with E-state index < -0.39 is 5.82 Å². The third-order valence-corrected chi connectivity index (χ3v) is 4.92. The van der Waals surface area contributed by atoms with Gasteiger partial charge in [0.05, 0.1) is 23.9 Å². The summed E-state index contributed by atoms with van der Waals surface area (Å²) in [6.07, 6.45) is 5.97. The zero-order chi connectivity index (χ0) is 17.3. The minimum atomic E-state index is -0.433. The number of anilines is 1. The summed E-state index contributed by atoms with van der Waals surface area (Å²) in [4.78, 5) is 18.8. The highest BCUT2D eigenvalue weighted by atomic mass is 19.1. The molecule has 0 amide bonds. The van der Waals surface area contributed by atoms with Crippen LogP contribution in [0.25, 0.3) is 0 Å². The maximum atomic E-state index is 13.1. The number of aromatic nitrogens is 4. The van der Waals surface area contributed by atoms with Gasteiger partial charge in [0.25, 0.3) is 0 Å². The van der Waals surface area contributed by atoms with Crippen LogP contribution in [0.1, 0.15) is 18.5 Å². The summed E-state index contributed by atoms with van der Waals surface area (Å²) >= 11 is 0. The Labute approximate surface area is 145 Å². The number of fused-ring (bicyclic) bond motifs is 1. The molecule has 2 aliphatic rings. The number of ether oxygens (including phenoxy) is 2. The third-order valence-electron chi connectivity index (χ3n) is 4.92. The van der Waals surface area contributed by atoms with Crippen molar-refractivity contribution in [2.75, 3.05) is 31.2 Å². The highest BCUT2D eigenvalue weighted by Gasteiger charge is 2.49. The number of aryl methyl sites for hydroxylation is 1. The van der Waals surface area contributed by atoms with Crippen molar-refractivity contribution >= 4 is 5.95 Å². The minimum Gasteiger partial charge on any atom is -0.463 e. The minimum absolute atomic E-state index is 0.133. The van der Waals surface area contributed by atoms with Crippen molar-refractivity contribution in [1.29, 1.82) is 0 Å². The molecule has 2 saturated heterocycles. The third kappa shape index (κ3) is 3.26. The normalized spacial score (nSPS) is 25.7. The Morgan fingerprint density at radius 1 is 1.36 bits per heavy atom. The lowest BCUT2D eigenvalue weighted by atomic mass is 9.77. The topological polar surface area (TPSA) is 73.3 Å². The zero-order valence-corrected chi connectivity index (χ0v) is 14.1. The first-order valence-corrected chi connectivity index (χ1v) is 8.41. The van der Waals surface area contributed by atoms with Crippen molar-refractivity contribution in [3.63, 3.8) is 0 Å². The van der Waals surface area contributed by atoms with E-state index in [-0.39, 0.29) is 11.5 Å². The van der Waals surface area contributed by atoms with Crippen molar-refractivity contribution in [3.05, 3.63) is 36.2 Å². The van der Waals surface area contributed by atoms with Gasteiger partial charge in [-0.25, -0.2) is 24.3 Å². The van der Waals surface area contributed by atoms with Gasteiger partial charge in [0.15, 0.2) is 5.82 Å². The average Bonchev–Trinajstić information content (AvgIpc) is 3.04. The molecule has 8 heteroatoms. The highest BCUT2D eigenvalue weighted by Crippen LogP contribution is 2.41. The second-order valence-electron chi connectivity index (χ2n) is 6.65. The number of halogens is 1. The van der Waals surface area contributed by atoms with Crippen LogP contribution in [0.5, 0.6) is 6.01 Å². The van der Waals surface area contributed by atoms with E-state index >= 15 is 0 Å². The van der Waals surface area contributed by atoms with Crippen molar-refractivity contribution in [2.45, 2.75) is 25.9 Å². The van der Waals surface area contributed by atoms with E-state index in [4.69, 9.17) is 9.47 Å². The molecule has 0 spiro atoms. The summed E-state index contributed by atoms with van der Waals surface area (Å²) in [6.45, 7) is 4.57. The molecule has 2 atom stereocenters. The monoisotopic (exact) mass is 345 g/mol. The van der Waals surface area contributed by atoms with Gasteiger partial charge in [-0.1, -0.05) is 0 Å². The molecule has 4 rings (SSSR count). The fourth-order valence-corrected chi connectivity index (χ4v) is 3.60. The molecule has 132 valence electrons. The lowest BCUT2D eigenvalue weighted by Gasteiger charge is -2.43. The van der Waals surface area contributed by atoms with Gasteiger partial charge in [0, 0.05) is 31.6 Å². The maximum absolute atomic E-state index is 13.1. The van der Waals surface area contributed by atoms with Crippen LogP contribution in [0.4, 0.5) is 10.3 Å². The molecule has 2 aliphatic heterocycles. The van der Waals surface area contributed by atoms with E-state index in [1.807, 2.05) is 13.0 Å². The smallest absolute Gasteiger partial charge is 0.316 e. The van der Waals surface area contributed by atoms with E-state index in [0.29, 0.717) is 31.7 Å². The van der Waals surface area contributed by atoms with Crippen LogP contribution >= 0.6 is 0 Å². The van der Waals surface area contributed by atoms with Crippen molar-refractivity contribution < 1.29 is 13.9 Å². The Morgan fingerprint density at radius 3 is 3.00 bits per heavy atom. The van der Waals surface area contributed by atoms with Gasteiger partial charge in [0.2, 0.25) is 5.95 Å². The summed E-state index contributed by atoms with van der Waals surface area (Å²) < 4.78 is 24.9. The van der Waals surface area contributed by atoms with Gasteiger partial charge in [-0.05, 0) is 25.8 Å². The quantitative estimate of drug-likeness (QED) is 0.836. The summed E-state index contributed by atoms with van der Waals surface area (Å²) in [5.41, 5.74) is 0.704. The Balaban J connectivity index is 1.51. The maximum Gasteiger partial charge on any atom is 0.316 e. The number of rotatable bonds is 4. The SMILES string of the molecule is Cc1ccnc(OC[C@@]23CCO[C@@H]2CCN(c2ncc(F)cn2)C3)n1. The second-order valence-corrected chi connectivity index (χ2v) is 6.65. The van der Waals surface area contributed by atoms with Gasteiger partial charge >= 0.3 is 6.01 Å². The molecule has 4 heterocycles. The van der Waals surface area contributed by atoms with Crippen LogP contribution in [-0.2, 0) is 4.74 Å². The summed E-state index contributed by atoms with van der Waals surface area (Å²) in [6, 6.07) is 2.22. The van der Waals surface area contributed by atoms with Crippen LogP contribution in [0.15, 0.2) is 24.7 Å². The Kier molecular flexibility index (Phi) is 4.20. The van der Waals surface area contributed by atoms with Crippen molar-refractivity contribution in [1.82, 2.24) is 19.9 Å². The van der Waals surface area contributed by atoms with Crippen molar-refractivity contribution in [3.8, 4) is 6.01 Å². The summed E-state index contributed by atoms with van der Waals surface area (Å²) in [7, 11) is 0. The predicted octanol–water partition coefficient (Wildman–Crippen LogP) is 1.78. The van der Waals surface area contributed by atoms with E-state index in [1.54, 1.807) is 6.20 Å². The molecule has 7 nitrogen and oxygen atoms in total. The predicted molar refractivity (Wildman–Crippen MR) is 87.9 cm³/mol. The van der Waals surface area contributed by atoms with Crippen LogP contribution in [0.2, 0.25) is 0 Å². The first-order chi connectivity index (χ1) is 12.1. The first kappa shape index (κ1) is 16.1. The molecule has 0 saturated carbocycles. The summed E-state index contributed by atoms with van der Waals surface area (Å²) in [5.74, 6) is 0.107. The van der Waals surface area contributed by atoms with Gasteiger partial charge in [-0.3, -0.25) is 0 Å². The number of piperidine rings is 1. The van der Waals surface area contributed by atoms with Crippen LogP contribution in [0.3, 0.4) is 0 Å². The molecule has 0 aliphatic carbocycles. The van der Waals surface area contributed by atoms with Crippen molar-refractivity contribution in [2.24, 2.45) is 5.41 Å². The van der Waals surface area contributed by atoms with E-state index in [0.717, 1.165) is 25.1 Å². The molecule has 0 radical (unpaired) electrons. The molecule has 2 aromatic rings. The molecule has 2 fully saturated rings. The molecule has 0 N–H and O–H groups in total. The van der Waals surface area contributed by atoms with E-state index in [1.165, 1.54) is 12.4 Å². The fraction of sp³-hybridized carbons (Fsp3) is 0.529. The zero-order valence-electron chi connectivity index (χ0n) is 14.1. The Bertz CT molecular complexity index is 744. The summed E-state index contributed by atoms with van der Waals surface area (Å²) in [5, 5.41) is 0. The average molecular weight is 345 g/mol. The fourth-order valence-electron chi connectivity index (χ4n) is 3.60. The van der Waals surface area contributed by atoms with E-state index in [9.17, 15) is 4.39 Å². The highest BCUT2D eigenvalue weighted by molar-refractivity contribution is 5.31. The number of hydrogen-bond acceptors (Lipinski definition) is 7. The van der Waals surface area contributed by atoms with Crippen LogP contribution < -0.4 is 9.64 Å². The lowest BCUT2D eigenvalue weighted by molar-refractivity contribution is 0.00610. The largest absolute Gasteiger partial charge is 0.463 e. The standard InChI is InChI=1S/C17H20FN5O2/c1-12-2-5-19-16(22-12)25-11-17-4-7-24-14(17)3-6-23(10-17)15-20-8-13(18)9-21-15/h2,5,8-9,14H,3-4,6-7,10-11H2,1H3/t14-,17+/m1/s1. The Morgan fingerprint density at radius 2 is 2.20 bits per heavy atom. The van der Waals surface area contributed by atoms with Gasteiger partial charge < -0.3 is 14.4 Å². The first-order valence-electron chi connectivity index (χ1n) is 8.41. The van der Waals surface area contributed by atoms with Crippen LogP contribution in [-0.4, -0.2) is 52.3 Å². The molecule has 0 unspecified atom stereocenters. The Hall–Kier alpha value is -2.35. The molecular formula is C17H20FN5O2. The molecule has 2 aromatic heterocycles. The number of hydrogen-bond donors (Lipinski definition) is 0. The van der Waals surface area contributed by atoms with Gasteiger partial charge in [0.1, 0.15) is 6.61 Å². The van der Waals surface area contributed by atoms with Crippen LogP contribution in [0, 0.1) is 18.2 Å². The molecular weight excluding hydrogens is 325 g/mol. The molecule has 25 heavy (non-hydrogen) atoms. The molecule has 0 bridgehead atoms. The molecule has 0 aromatic carbocycles. The lowest BCUT2D eigenvalue weighted by Crippen LogP contribution is -2.53. The van der Waals surface area contributed by atoms with Gasteiger partial charge in [-0.2, -0.15) is 0 Å². The van der Waals surface area contributed by atoms with Gasteiger partial charge in [-0.15, -0.1) is 0 Å². The second kappa shape index (κ2) is 6.51. The number of nitrogens with zero attached hydrogens (tertiary/aromatic N) is 5.